The van der Waals surface area contributed by atoms with Crippen LogP contribution in [0, 0.1) is 30.0 Å². The Hall–Kier alpha value is 1.91. The van der Waals surface area contributed by atoms with Crippen LogP contribution in [0.15, 0.2) is 25.8 Å². The molecule has 0 aromatic heterocycles. The van der Waals surface area contributed by atoms with Crippen LogP contribution >= 0.6 is 23.5 Å². The minimum Gasteiger partial charge on any atom is -0.304 e. The van der Waals surface area contributed by atoms with Gasteiger partial charge in [-0.05, 0) is 0 Å². The van der Waals surface area contributed by atoms with Gasteiger partial charge in [-0.2, -0.15) is 23.5 Å². The van der Waals surface area contributed by atoms with E-state index in [4.69, 9.17) is 11.8 Å². The Morgan fingerprint density at radius 2 is 1.90 bits per heavy atom. The molecule has 1 heterocycles. The molecule has 0 fully saturated rings. The molecule has 2 rings (SSSR count). The van der Waals surface area contributed by atoms with Crippen molar-refractivity contribution in [1.82, 2.24) is 0 Å². The standard InChI is InChI=1S/C14H10N2S2.2K/c1-14(2,3)9-5-6-11-12(7-9)18-13(17-11)10(8-15)16-4;;/h5H,1-3H3;;/q-2;2*+1/b13-10-;;. The molecular formula is C14H10K2N2S2. The molecule has 1 aliphatic heterocycles. The first-order valence-electron chi connectivity index (χ1n) is 5.31. The minimum absolute atomic E-state index is 0. The second-order valence-corrected chi connectivity index (χ2v) is 7.10. The monoisotopic (exact) mass is 348 g/mol. The van der Waals surface area contributed by atoms with E-state index in [1.54, 1.807) is 0 Å². The van der Waals surface area contributed by atoms with Crippen LogP contribution in [0.3, 0.4) is 0 Å². The van der Waals surface area contributed by atoms with Crippen molar-refractivity contribution in [3.63, 3.8) is 0 Å². The number of hydrogen-bond donors (Lipinski definition) is 0. The summed E-state index contributed by atoms with van der Waals surface area (Å²) in [7, 11) is 0. The van der Waals surface area contributed by atoms with Gasteiger partial charge in [0.1, 0.15) is 0 Å². The molecule has 6 heteroatoms. The number of fused-ring (bicyclic) bond motifs is 1. The maximum atomic E-state index is 8.88. The number of rotatable bonds is 0. The molecular weight excluding hydrogens is 338 g/mol. The van der Waals surface area contributed by atoms with Gasteiger partial charge in [-0.1, -0.05) is 26.2 Å². The Balaban J connectivity index is 0.00000180. The Labute approximate surface area is 214 Å². The molecule has 1 aromatic rings. The zero-order valence-corrected chi connectivity index (χ0v) is 20.2. The van der Waals surface area contributed by atoms with Gasteiger partial charge >= 0.3 is 103 Å². The normalized spacial score (nSPS) is 15.1. The van der Waals surface area contributed by atoms with E-state index in [2.05, 4.69) is 37.7 Å². The first kappa shape index (κ1) is 21.9. The molecule has 0 saturated heterocycles. The van der Waals surface area contributed by atoms with Crippen LogP contribution in [-0.2, 0) is 5.41 Å². The number of thioether (sulfide) groups is 2. The molecule has 0 amide bonds. The molecule has 2 nitrogen and oxygen atoms in total. The predicted octanol–water partition coefficient (Wildman–Crippen LogP) is -1.60. The Bertz CT molecular complexity index is 604. The molecule has 0 spiro atoms. The van der Waals surface area contributed by atoms with E-state index in [1.165, 1.54) is 23.5 Å². The van der Waals surface area contributed by atoms with Crippen LogP contribution in [0.1, 0.15) is 26.3 Å². The maximum Gasteiger partial charge on any atom is 1.00 e. The van der Waals surface area contributed by atoms with Crippen molar-refractivity contribution < 1.29 is 103 Å². The molecule has 0 aliphatic carbocycles. The molecule has 0 radical (unpaired) electrons. The Morgan fingerprint density at radius 1 is 1.30 bits per heavy atom. The van der Waals surface area contributed by atoms with E-state index in [0.29, 0.717) is 0 Å². The van der Waals surface area contributed by atoms with Crippen LogP contribution in [0.5, 0.6) is 0 Å². The molecule has 0 atom stereocenters. The molecule has 90 valence electrons. The topological polar surface area (TPSA) is 28.1 Å². The second-order valence-electron chi connectivity index (χ2n) is 4.80. The summed E-state index contributed by atoms with van der Waals surface area (Å²) in [5.41, 5.74) is 1.28. The third-order valence-corrected chi connectivity index (χ3v) is 4.83. The predicted molar refractivity (Wildman–Crippen MR) is 73.8 cm³/mol. The van der Waals surface area contributed by atoms with E-state index < -0.39 is 0 Å². The fourth-order valence-corrected chi connectivity index (χ4v) is 3.63. The molecule has 0 unspecified atom stereocenters. The Kier molecular flexibility index (Phi) is 10.2. The summed E-state index contributed by atoms with van der Waals surface area (Å²) in [6, 6.07) is 10.5. The van der Waals surface area contributed by atoms with Gasteiger partial charge in [-0.25, -0.2) is 19.9 Å². The van der Waals surface area contributed by atoms with Gasteiger partial charge in [-0.3, -0.25) is 11.6 Å². The summed E-state index contributed by atoms with van der Waals surface area (Å²) in [6.07, 6.45) is 0. The molecule has 0 saturated carbocycles. The maximum absolute atomic E-state index is 8.88. The second kappa shape index (κ2) is 9.27. The fraction of sp³-hybridized carbons (Fsp3) is 0.286. The van der Waals surface area contributed by atoms with E-state index >= 15 is 0 Å². The summed E-state index contributed by atoms with van der Waals surface area (Å²) in [6.45, 7) is 13.4. The van der Waals surface area contributed by atoms with Gasteiger partial charge < -0.3 is 12.1 Å². The average Bonchev–Trinajstić information content (AvgIpc) is 2.71. The van der Waals surface area contributed by atoms with E-state index in [1.807, 2.05) is 12.1 Å². The van der Waals surface area contributed by atoms with Crippen LogP contribution in [0.4, 0.5) is 0 Å². The first-order chi connectivity index (χ1) is 8.45. The van der Waals surface area contributed by atoms with Crippen molar-refractivity contribution in [3.05, 3.63) is 45.1 Å². The number of hydrogen-bond acceptors (Lipinski definition) is 3. The molecule has 0 bridgehead atoms. The SMILES string of the molecule is [C-]#[N+]/C(C#N)=C1/Sc2[c-]cc(C(C)(C)C)[c-]c2S1.[K+].[K+]. The van der Waals surface area contributed by atoms with Crippen molar-refractivity contribution in [2.75, 3.05) is 0 Å². The summed E-state index contributed by atoms with van der Waals surface area (Å²) in [4.78, 5) is 5.17. The Morgan fingerprint density at radius 3 is 2.40 bits per heavy atom. The smallest absolute Gasteiger partial charge is 0.304 e. The zero-order chi connectivity index (χ0) is 13.3. The molecule has 0 N–H and O–H groups in total. The zero-order valence-electron chi connectivity index (χ0n) is 12.3. The van der Waals surface area contributed by atoms with Crippen LogP contribution in [-0.4, -0.2) is 0 Å². The van der Waals surface area contributed by atoms with Crippen molar-refractivity contribution in [3.8, 4) is 6.07 Å². The number of nitriles is 1. The van der Waals surface area contributed by atoms with Crippen molar-refractivity contribution in [1.29, 1.82) is 5.26 Å². The summed E-state index contributed by atoms with van der Waals surface area (Å²) < 4.78 is 0.737. The van der Waals surface area contributed by atoms with Crippen LogP contribution in [0.25, 0.3) is 4.85 Å². The van der Waals surface area contributed by atoms with Gasteiger partial charge in [0.25, 0.3) is 5.70 Å². The first-order valence-corrected chi connectivity index (χ1v) is 6.95. The van der Waals surface area contributed by atoms with Crippen LogP contribution in [0.2, 0.25) is 0 Å². The average molecular weight is 349 g/mol. The summed E-state index contributed by atoms with van der Waals surface area (Å²) in [5.74, 6) is 0. The van der Waals surface area contributed by atoms with E-state index in [-0.39, 0.29) is 114 Å². The van der Waals surface area contributed by atoms with Gasteiger partial charge in [0.15, 0.2) is 0 Å². The minimum atomic E-state index is 0. The number of allylic oxidation sites excluding steroid dienone is 1. The third-order valence-electron chi connectivity index (χ3n) is 2.41. The quantitative estimate of drug-likeness (QED) is 0.321. The molecule has 20 heavy (non-hydrogen) atoms. The number of benzene rings is 1. The van der Waals surface area contributed by atoms with Crippen molar-refractivity contribution >= 4 is 23.5 Å². The van der Waals surface area contributed by atoms with Gasteiger partial charge in [0.2, 0.25) is 0 Å². The summed E-state index contributed by atoms with van der Waals surface area (Å²) in [5, 5.41) is 8.88. The number of nitrogens with zero attached hydrogens (tertiary/aromatic N) is 2. The van der Waals surface area contributed by atoms with Gasteiger partial charge in [-0.15, -0.1) is 0 Å². The van der Waals surface area contributed by atoms with E-state index in [0.717, 1.165) is 19.6 Å². The van der Waals surface area contributed by atoms with Crippen LogP contribution < -0.4 is 103 Å². The van der Waals surface area contributed by atoms with Gasteiger partial charge in [0.05, 0.1) is 12.6 Å². The van der Waals surface area contributed by atoms with Crippen molar-refractivity contribution in [2.24, 2.45) is 0 Å². The summed E-state index contributed by atoms with van der Waals surface area (Å²) >= 11 is 2.88. The molecule has 1 aliphatic rings. The van der Waals surface area contributed by atoms with Gasteiger partial charge in [0, 0.05) is 4.24 Å². The third kappa shape index (κ3) is 5.23. The molecule has 1 aromatic carbocycles. The largest absolute Gasteiger partial charge is 1.00 e. The van der Waals surface area contributed by atoms with Crippen molar-refractivity contribution in [2.45, 2.75) is 36.0 Å². The fourth-order valence-electron chi connectivity index (χ4n) is 1.39. The van der Waals surface area contributed by atoms with E-state index in [9.17, 15) is 0 Å².